The van der Waals surface area contributed by atoms with E-state index in [-0.39, 0.29) is 0 Å². The van der Waals surface area contributed by atoms with E-state index in [0.29, 0.717) is 17.5 Å². The molecule has 0 atom stereocenters. The van der Waals surface area contributed by atoms with Crippen molar-refractivity contribution in [3.05, 3.63) is 152 Å². The molecule has 0 radical (unpaired) electrons. The predicted octanol–water partition coefficient (Wildman–Crippen LogP) is 13.1. The van der Waals surface area contributed by atoms with E-state index >= 15 is 0 Å². The van der Waals surface area contributed by atoms with Gasteiger partial charge in [0.25, 0.3) is 0 Å². The Morgan fingerprint density at radius 3 is 1.04 bits per heavy atom. The van der Waals surface area contributed by atoms with Crippen LogP contribution in [0.2, 0.25) is 0 Å². The molecule has 0 bridgehead atoms. The smallest absolute Gasteiger partial charge is 0.164 e. The van der Waals surface area contributed by atoms with Gasteiger partial charge in [0.2, 0.25) is 0 Å². The van der Waals surface area contributed by atoms with Crippen molar-refractivity contribution >= 4 is 95.3 Å². The minimum atomic E-state index is 0.664. The third-order valence-electron chi connectivity index (χ3n) is 9.91. The first kappa shape index (κ1) is 27.9. The molecule has 3 aromatic heterocycles. The van der Waals surface area contributed by atoms with Crippen molar-refractivity contribution in [1.29, 1.82) is 0 Å². The van der Waals surface area contributed by atoms with Gasteiger partial charge in [-0.2, -0.15) is 0 Å². The highest BCUT2D eigenvalue weighted by Gasteiger charge is 2.17. The fourth-order valence-electron chi connectivity index (χ4n) is 7.54. The second-order valence-corrected chi connectivity index (χ2v) is 14.9. The summed E-state index contributed by atoms with van der Waals surface area (Å²) in [4.78, 5) is 15.5. The number of thiophene rings is 2. The number of nitrogens with zero attached hydrogens (tertiary/aromatic N) is 3. The molecule has 0 N–H and O–H groups in total. The molecule has 50 heavy (non-hydrogen) atoms. The molecular formula is C45H25N3S2. The second-order valence-electron chi connectivity index (χ2n) is 12.8. The van der Waals surface area contributed by atoms with Crippen molar-refractivity contribution in [3.8, 4) is 34.2 Å². The van der Waals surface area contributed by atoms with E-state index in [1.807, 2.05) is 22.7 Å². The van der Waals surface area contributed by atoms with Crippen molar-refractivity contribution < 1.29 is 0 Å². The van der Waals surface area contributed by atoms with Crippen molar-refractivity contribution in [3.63, 3.8) is 0 Å². The van der Waals surface area contributed by atoms with Crippen molar-refractivity contribution in [2.24, 2.45) is 0 Å². The van der Waals surface area contributed by atoms with Gasteiger partial charge in [-0.15, -0.1) is 22.7 Å². The predicted molar refractivity (Wildman–Crippen MR) is 214 cm³/mol. The van der Waals surface area contributed by atoms with Crippen LogP contribution in [0.1, 0.15) is 0 Å². The number of hydrogen-bond donors (Lipinski definition) is 0. The number of benzene rings is 8. The summed E-state index contributed by atoms with van der Waals surface area (Å²) in [5.41, 5.74) is 2.93. The van der Waals surface area contributed by atoms with Crippen molar-refractivity contribution in [2.45, 2.75) is 0 Å². The third-order valence-corrected chi connectivity index (χ3v) is 12.2. The van der Waals surface area contributed by atoms with Crippen LogP contribution in [0.3, 0.4) is 0 Å². The van der Waals surface area contributed by atoms with E-state index in [2.05, 4.69) is 152 Å². The molecule has 3 heterocycles. The molecule has 8 aromatic carbocycles. The van der Waals surface area contributed by atoms with E-state index in [9.17, 15) is 0 Å². The van der Waals surface area contributed by atoms with Gasteiger partial charge >= 0.3 is 0 Å². The zero-order chi connectivity index (χ0) is 32.8. The van der Waals surface area contributed by atoms with Gasteiger partial charge in [-0.05, 0) is 62.6 Å². The van der Waals surface area contributed by atoms with Crippen molar-refractivity contribution in [1.82, 2.24) is 15.0 Å². The van der Waals surface area contributed by atoms with Crippen LogP contribution in [0, 0.1) is 0 Å². The largest absolute Gasteiger partial charge is 0.208 e. The topological polar surface area (TPSA) is 38.7 Å². The Balaban J connectivity index is 1.15. The van der Waals surface area contributed by atoms with Crippen LogP contribution in [-0.2, 0) is 0 Å². The summed E-state index contributed by atoms with van der Waals surface area (Å²) in [5, 5.41) is 12.5. The summed E-state index contributed by atoms with van der Waals surface area (Å²) in [6.07, 6.45) is 0. The summed E-state index contributed by atoms with van der Waals surface area (Å²) >= 11 is 3.62. The second kappa shape index (κ2) is 10.7. The number of hydrogen-bond acceptors (Lipinski definition) is 5. The molecule has 0 unspecified atom stereocenters. The summed E-state index contributed by atoms with van der Waals surface area (Å²) in [6, 6.07) is 54.4. The fourth-order valence-corrected chi connectivity index (χ4v) is 9.83. The first-order valence-corrected chi connectivity index (χ1v) is 18.3. The molecule has 11 aromatic rings. The van der Waals surface area contributed by atoms with E-state index in [4.69, 9.17) is 15.0 Å². The molecule has 0 aliphatic carbocycles. The zero-order valence-electron chi connectivity index (χ0n) is 26.6. The average Bonchev–Trinajstić information content (AvgIpc) is 3.75. The lowest BCUT2D eigenvalue weighted by molar-refractivity contribution is 1.08. The number of fused-ring (bicyclic) bond motifs is 12. The molecular weight excluding hydrogens is 647 g/mol. The molecule has 11 rings (SSSR count). The molecule has 0 spiro atoms. The van der Waals surface area contributed by atoms with Gasteiger partial charge in [0, 0.05) is 57.0 Å². The minimum absolute atomic E-state index is 0.664. The molecule has 232 valence electrons. The van der Waals surface area contributed by atoms with E-state index < -0.39 is 0 Å². The van der Waals surface area contributed by atoms with Crippen LogP contribution in [0.4, 0.5) is 0 Å². The fraction of sp³-hybridized carbons (Fsp3) is 0. The number of aromatic nitrogens is 3. The van der Waals surface area contributed by atoms with Crippen LogP contribution in [-0.4, -0.2) is 15.0 Å². The maximum absolute atomic E-state index is 5.19. The third kappa shape index (κ3) is 4.24. The molecule has 0 saturated heterocycles. The molecule has 5 heteroatoms. The molecule has 0 aliphatic rings. The summed E-state index contributed by atoms with van der Waals surface area (Å²) in [5.74, 6) is 2.01. The highest BCUT2D eigenvalue weighted by Crippen LogP contribution is 2.40. The molecule has 3 nitrogen and oxygen atoms in total. The van der Waals surface area contributed by atoms with Crippen LogP contribution in [0.25, 0.3) is 107 Å². The Labute approximate surface area is 294 Å². The average molecular weight is 672 g/mol. The standard InChI is InChI=1S/C45H25N3S2/c1-2-11-31-29(9-1)30-10-3-4-12-32(30)38-23-26(17-20-33(31)38)43-46-44(27-18-21-36-34-13-5-7-15-39(34)49-41(36)24-27)48-45(47-43)28-19-22-37-35-14-6-8-16-40(35)50-42(37)25-28/h1-25H. The van der Waals surface area contributed by atoms with Crippen LogP contribution < -0.4 is 0 Å². The Morgan fingerprint density at radius 1 is 0.260 bits per heavy atom. The summed E-state index contributed by atoms with van der Waals surface area (Å²) < 4.78 is 5.01. The quantitative estimate of drug-likeness (QED) is 0.176. The highest BCUT2D eigenvalue weighted by atomic mass is 32.1. The Morgan fingerprint density at radius 2 is 0.580 bits per heavy atom. The van der Waals surface area contributed by atoms with Gasteiger partial charge < -0.3 is 0 Å². The maximum atomic E-state index is 5.19. The zero-order valence-corrected chi connectivity index (χ0v) is 28.2. The lowest BCUT2D eigenvalue weighted by Crippen LogP contribution is -2.00. The van der Waals surface area contributed by atoms with Crippen molar-refractivity contribution in [2.75, 3.05) is 0 Å². The molecule has 0 saturated carbocycles. The lowest BCUT2D eigenvalue weighted by atomic mass is 9.93. The van der Waals surface area contributed by atoms with Crippen LogP contribution >= 0.6 is 22.7 Å². The normalized spacial score (nSPS) is 12.0. The Bertz CT molecular complexity index is 3000. The van der Waals surface area contributed by atoms with E-state index in [1.54, 1.807) is 0 Å². The van der Waals surface area contributed by atoms with Crippen LogP contribution in [0.15, 0.2) is 152 Å². The van der Waals surface area contributed by atoms with E-state index in [0.717, 1.165) is 16.7 Å². The van der Waals surface area contributed by atoms with E-state index in [1.165, 1.54) is 72.7 Å². The summed E-state index contributed by atoms with van der Waals surface area (Å²) in [7, 11) is 0. The Kier molecular flexibility index (Phi) is 5.99. The monoisotopic (exact) mass is 671 g/mol. The maximum Gasteiger partial charge on any atom is 0.164 e. The van der Waals surface area contributed by atoms with Crippen LogP contribution in [0.5, 0.6) is 0 Å². The lowest BCUT2D eigenvalue weighted by Gasteiger charge is -2.12. The van der Waals surface area contributed by atoms with Gasteiger partial charge in [0.15, 0.2) is 17.5 Å². The van der Waals surface area contributed by atoms with Gasteiger partial charge in [-0.1, -0.05) is 121 Å². The first-order valence-electron chi connectivity index (χ1n) is 16.7. The molecule has 0 aliphatic heterocycles. The highest BCUT2D eigenvalue weighted by molar-refractivity contribution is 7.26. The first-order chi connectivity index (χ1) is 24.7. The SMILES string of the molecule is c1ccc2c(c1)sc1cc(-c3nc(-c4ccc5c(c4)sc4ccccc45)nc(-c4ccc5c6ccccc6c6ccccc6c5c4)n3)ccc12. The molecule has 0 fully saturated rings. The molecule has 0 amide bonds. The van der Waals surface area contributed by atoms with Gasteiger partial charge in [-0.25, -0.2) is 15.0 Å². The Hall–Kier alpha value is -6.01. The number of rotatable bonds is 3. The van der Waals surface area contributed by atoms with Gasteiger partial charge in [0.05, 0.1) is 0 Å². The van der Waals surface area contributed by atoms with Gasteiger partial charge in [-0.3, -0.25) is 0 Å². The van der Waals surface area contributed by atoms with Gasteiger partial charge in [0.1, 0.15) is 0 Å². The summed E-state index contributed by atoms with van der Waals surface area (Å²) in [6.45, 7) is 0. The minimum Gasteiger partial charge on any atom is -0.208 e.